The van der Waals surface area contributed by atoms with Crippen molar-refractivity contribution in [3.05, 3.63) is 23.3 Å². The molecular formula is C17H22O4. The molecule has 0 aromatic rings. The van der Waals surface area contributed by atoms with Gasteiger partial charge in [-0.25, -0.2) is 4.79 Å². The molecule has 1 saturated heterocycles. The minimum absolute atomic E-state index is 0.0894. The minimum atomic E-state index is -0.269. The molecule has 0 amide bonds. The van der Waals surface area contributed by atoms with Gasteiger partial charge in [0.2, 0.25) is 0 Å². The van der Waals surface area contributed by atoms with E-state index in [9.17, 15) is 9.59 Å². The van der Waals surface area contributed by atoms with E-state index in [1.54, 1.807) is 0 Å². The van der Waals surface area contributed by atoms with Crippen LogP contribution in [0.5, 0.6) is 0 Å². The number of carbonyl (C=O) groups excluding carboxylic acids is 2. The van der Waals surface area contributed by atoms with E-state index in [1.807, 2.05) is 0 Å². The van der Waals surface area contributed by atoms with E-state index in [1.165, 1.54) is 18.1 Å². The van der Waals surface area contributed by atoms with Gasteiger partial charge in [0.15, 0.2) is 0 Å². The fourth-order valence-corrected chi connectivity index (χ4v) is 4.30. The van der Waals surface area contributed by atoms with Gasteiger partial charge in [0.1, 0.15) is 12.2 Å². The minimum Gasteiger partial charge on any atom is -0.462 e. The molecule has 0 bridgehead atoms. The van der Waals surface area contributed by atoms with E-state index in [0.29, 0.717) is 12.0 Å². The first-order chi connectivity index (χ1) is 9.83. The molecule has 3 aliphatic rings. The summed E-state index contributed by atoms with van der Waals surface area (Å²) in [6.45, 7) is 9.64. The molecule has 0 aromatic heterocycles. The van der Waals surface area contributed by atoms with E-state index in [0.717, 1.165) is 19.3 Å². The molecule has 4 heteroatoms. The largest absolute Gasteiger partial charge is 0.462 e. The Morgan fingerprint density at radius 3 is 2.86 bits per heavy atom. The molecule has 4 atom stereocenters. The number of carbonyl (C=O) groups is 2. The lowest BCUT2D eigenvalue weighted by Crippen LogP contribution is -2.47. The van der Waals surface area contributed by atoms with Crippen LogP contribution in [0.2, 0.25) is 0 Å². The first kappa shape index (κ1) is 14.4. The maximum absolute atomic E-state index is 11.8. The molecule has 2 fully saturated rings. The number of rotatable bonds is 1. The maximum atomic E-state index is 11.8. The molecule has 0 aromatic carbocycles. The van der Waals surface area contributed by atoms with Gasteiger partial charge in [0.05, 0.1) is 0 Å². The van der Waals surface area contributed by atoms with Gasteiger partial charge in [-0.05, 0) is 32.6 Å². The second-order valence-electron chi connectivity index (χ2n) is 6.80. The Balaban J connectivity index is 1.96. The molecule has 21 heavy (non-hydrogen) atoms. The van der Waals surface area contributed by atoms with Crippen LogP contribution in [0.25, 0.3) is 0 Å². The molecule has 3 rings (SSSR count). The predicted octanol–water partition coefficient (Wildman–Crippen LogP) is 2.93. The predicted molar refractivity (Wildman–Crippen MR) is 77.3 cm³/mol. The fourth-order valence-electron chi connectivity index (χ4n) is 4.30. The van der Waals surface area contributed by atoms with Crippen molar-refractivity contribution < 1.29 is 19.1 Å². The summed E-state index contributed by atoms with van der Waals surface area (Å²) in [5.41, 5.74) is 3.07. The fraction of sp³-hybridized carbons (Fsp3) is 0.647. The average Bonchev–Trinajstić information content (AvgIpc) is 2.66. The van der Waals surface area contributed by atoms with Gasteiger partial charge in [-0.1, -0.05) is 24.6 Å². The van der Waals surface area contributed by atoms with Crippen molar-refractivity contribution in [3.8, 4) is 0 Å². The average molecular weight is 290 g/mol. The van der Waals surface area contributed by atoms with Crippen LogP contribution in [0.3, 0.4) is 0 Å². The normalized spacial score (nSPS) is 38.7. The summed E-state index contributed by atoms with van der Waals surface area (Å²) in [5.74, 6) is -0.420. The van der Waals surface area contributed by atoms with Crippen molar-refractivity contribution in [1.29, 1.82) is 0 Å². The number of esters is 2. The monoisotopic (exact) mass is 290 g/mol. The Labute approximate surface area is 125 Å². The summed E-state index contributed by atoms with van der Waals surface area (Å²) in [5, 5.41) is 0. The third-order valence-electron chi connectivity index (χ3n) is 5.47. The Bertz CT molecular complexity index is 559. The van der Waals surface area contributed by atoms with E-state index >= 15 is 0 Å². The molecule has 0 spiro atoms. The van der Waals surface area contributed by atoms with Gasteiger partial charge in [-0.3, -0.25) is 4.79 Å². The van der Waals surface area contributed by atoms with Crippen LogP contribution in [-0.4, -0.2) is 24.1 Å². The molecule has 1 saturated carbocycles. The zero-order chi connectivity index (χ0) is 15.4. The SMILES string of the molecule is C=C1C(=O)OC2CC3(C)C(=C(C)CCC3OC(C)=O)CC12. The number of hydrogen-bond donors (Lipinski definition) is 0. The lowest BCUT2D eigenvalue weighted by atomic mass is 9.59. The quantitative estimate of drug-likeness (QED) is 0.423. The summed E-state index contributed by atoms with van der Waals surface area (Å²) in [4.78, 5) is 23.2. The Morgan fingerprint density at radius 2 is 2.19 bits per heavy atom. The van der Waals surface area contributed by atoms with Crippen molar-refractivity contribution in [1.82, 2.24) is 0 Å². The second kappa shape index (κ2) is 4.72. The number of fused-ring (bicyclic) bond motifs is 2. The van der Waals surface area contributed by atoms with Crippen LogP contribution in [0.15, 0.2) is 23.3 Å². The number of ether oxygens (including phenoxy) is 2. The lowest BCUT2D eigenvalue weighted by molar-refractivity contribution is -0.157. The first-order valence-electron chi connectivity index (χ1n) is 7.59. The van der Waals surface area contributed by atoms with E-state index in [-0.39, 0.29) is 35.5 Å². The van der Waals surface area contributed by atoms with Gasteiger partial charge < -0.3 is 9.47 Å². The third-order valence-corrected chi connectivity index (χ3v) is 5.47. The van der Waals surface area contributed by atoms with Crippen molar-refractivity contribution >= 4 is 11.9 Å². The Hall–Kier alpha value is -1.58. The zero-order valence-electron chi connectivity index (χ0n) is 12.9. The number of allylic oxidation sites excluding steroid dienone is 1. The third kappa shape index (κ3) is 2.12. The summed E-state index contributed by atoms with van der Waals surface area (Å²) < 4.78 is 11.1. The standard InChI is InChI=1S/C17H22O4/c1-9-5-6-15(20-11(3)18)17(4)8-14-12(7-13(9)17)10(2)16(19)21-14/h12,14-15H,2,5-8H2,1,3-4H3. The van der Waals surface area contributed by atoms with Gasteiger partial charge >= 0.3 is 11.9 Å². The summed E-state index contributed by atoms with van der Waals surface area (Å²) in [7, 11) is 0. The van der Waals surface area contributed by atoms with Crippen LogP contribution in [0.4, 0.5) is 0 Å². The number of hydrogen-bond acceptors (Lipinski definition) is 4. The summed E-state index contributed by atoms with van der Waals surface area (Å²) >= 11 is 0. The highest BCUT2D eigenvalue weighted by Crippen LogP contribution is 2.55. The molecular weight excluding hydrogens is 268 g/mol. The van der Waals surface area contributed by atoms with E-state index in [2.05, 4.69) is 20.4 Å². The van der Waals surface area contributed by atoms with E-state index in [4.69, 9.17) is 9.47 Å². The van der Waals surface area contributed by atoms with E-state index < -0.39 is 0 Å². The van der Waals surface area contributed by atoms with Crippen LogP contribution in [0, 0.1) is 11.3 Å². The topological polar surface area (TPSA) is 52.6 Å². The summed E-state index contributed by atoms with van der Waals surface area (Å²) in [6, 6.07) is 0. The van der Waals surface area contributed by atoms with Gasteiger partial charge in [-0.2, -0.15) is 0 Å². The van der Waals surface area contributed by atoms with Gasteiger partial charge in [-0.15, -0.1) is 0 Å². The molecule has 0 N–H and O–H groups in total. The Kier molecular flexibility index (Phi) is 3.23. The van der Waals surface area contributed by atoms with Crippen molar-refractivity contribution in [2.24, 2.45) is 11.3 Å². The molecule has 114 valence electrons. The van der Waals surface area contributed by atoms with Crippen molar-refractivity contribution in [2.75, 3.05) is 0 Å². The van der Waals surface area contributed by atoms with Crippen LogP contribution in [0.1, 0.15) is 46.5 Å². The molecule has 4 unspecified atom stereocenters. The lowest BCUT2D eigenvalue weighted by Gasteiger charge is -2.48. The maximum Gasteiger partial charge on any atom is 0.334 e. The smallest absolute Gasteiger partial charge is 0.334 e. The van der Waals surface area contributed by atoms with Gasteiger partial charge in [0.25, 0.3) is 0 Å². The van der Waals surface area contributed by atoms with Crippen molar-refractivity contribution in [3.63, 3.8) is 0 Å². The van der Waals surface area contributed by atoms with Gasteiger partial charge in [0, 0.05) is 23.8 Å². The highest BCUT2D eigenvalue weighted by Gasteiger charge is 2.54. The highest BCUT2D eigenvalue weighted by molar-refractivity contribution is 5.91. The first-order valence-corrected chi connectivity index (χ1v) is 7.59. The molecule has 4 nitrogen and oxygen atoms in total. The molecule has 2 aliphatic carbocycles. The summed E-state index contributed by atoms with van der Waals surface area (Å²) in [6.07, 6.45) is 3.06. The molecule has 0 radical (unpaired) electrons. The van der Waals surface area contributed by atoms with Crippen LogP contribution >= 0.6 is 0 Å². The molecule has 1 heterocycles. The Morgan fingerprint density at radius 1 is 1.48 bits per heavy atom. The van der Waals surface area contributed by atoms with Crippen LogP contribution in [-0.2, 0) is 19.1 Å². The van der Waals surface area contributed by atoms with Crippen molar-refractivity contribution in [2.45, 2.75) is 58.7 Å². The second-order valence-corrected chi connectivity index (χ2v) is 6.80. The molecule has 1 aliphatic heterocycles. The zero-order valence-corrected chi connectivity index (χ0v) is 12.9. The van der Waals surface area contributed by atoms with Crippen LogP contribution < -0.4 is 0 Å². The highest BCUT2D eigenvalue weighted by atomic mass is 16.6.